The summed E-state index contributed by atoms with van der Waals surface area (Å²) in [6.07, 6.45) is -1.08. The molecule has 0 heterocycles. The third-order valence-electron chi connectivity index (χ3n) is 3.65. The molecular weight excluding hydrogens is 340 g/mol. The van der Waals surface area contributed by atoms with Crippen molar-refractivity contribution in [3.63, 3.8) is 0 Å². The van der Waals surface area contributed by atoms with E-state index in [1.165, 1.54) is 26.2 Å². The Morgan fingerprint density at radius 2 is 1.81 bits per heavy atom. The zero-order valence-electron chi connectivity index (χ0n) is 14.5. The van der Waals surface area contributed by atoms with E-state index in [9.17, 15) is 19.7 Å². The number of nitrogens with one attached hydrogen (secondary N) is 1. The average Bonchev–Trinajstić information content (AvgIpc) is 2.62. The molecule has 2 aromatic carbocycles. The van der Waals surface area contributed by atoms with Gasteiger partial charge in [-0.3, -0.25) is 14.9 Å². The van der Waals surface area contributed by atoms with E-state index >= 15 is 0 Å². The maximum absolute atomic E-state index is 12.1. The van der Waals surface area contributed by atoms with Crippen LogP contribution in [0.4, 0.5) is 11.4 Å². The molecule has 2 aromatic rings. The number of ether oxygens (including phenoxy) is 2. The Hall–Kier alpha value is -3.42. The fraction of sp³-hybridized carbons (Fsp3) is 0.222. The van der Waals surface area contributed by atoms with E-state index in [1.807, 2.05) is 0 Å². The van der Waals surface area contributed by atoms with E-state index in [1.54, 1.807) is 31.2 Å². The fourth-order valence-electron chi connectivity index (χ4n) is 2.13. The van der Waals surface area contributed by atoms with Gasteiger partial charge in [-0.1, -0.05) is 6.07 Å². The maximum Gasteiger partial charge on any atom is 0.339 e. The van der Waals surface area contributed by atoms with E-state index < -0.39 is 22.9 Å². The zero-order chi connectivity index (χ0) is 19.3. The normalized spacial score (nSPS) is 11.3. The number of esters is 1. The number of nitrogens with zero attached hydrogens (tertiary/aromatic N) is 1. The highest BCUT2D eigenvalue weighted by molar-refractivity contribution is 5.97. The Morgan fingerprint density at radius 1 is 1.15 bits per heavy atom. The average molecular weight is 358 g/mol. The predicted molar refractivity (Wildman–Crippen MR) is 94.3 cm³/mol. The summed E-state index contributed by atoms with van der Waals surface area (Å²) < 4.78 is 10.1. The highest BCUT2D eigenvalue weighted by Crippen LogP contribution is 2.20. The van der Waals surface area contributed by atoms with Crippen molar-refractivity contribution >= 4 is 23.3 Å². The molecule has 0 aliphatic heterocycles. The lowest BCUT2D eigenvalue weighted by Gasteiger charge is -2.14. The molecule has 0 aliphatic rings. The molecule has 0 fully saturated rings. The second-order valence-corrected chi connectivity index (χ2v) is 5.52. The van der Waals surface area contributed by atoms with Crippen molar-refractivity contribution < 1.29 is 24.0 Å². The Morgan fingerprint density at radius 3 is 2.38 bits per heavy atom. The Labute approximate surface area is 149 Å². The third-order valence-corrected chi connectivity index (χ3v) is 3.65. The molecule has 0 bridgehead atoms. The van der Waals surface area contributed by atoms with Gasteiger partial charge in [-0.25, -0.2) is 4.79 Å². The molecule has 0 spiro atoms. The molecule has 1 amide bonds. The first-order valence-corrected chi connectivity index (χ1v) is 7.72. The zero-order valence-corrected chi connectivity index (χ0v) is 14.5. The number of hydrogen-bond acceptors (Lipinski definition) is 6. The Balaban J connectivity index is 2.02. The maximum atomic E-state index is 12.1. The molecule has 0 aromatic heterocycles. The summed E-state index contributed by atoms with van der Waals surface area (Å²) in [5.41, 5.74) is 0.766. The van der Waals surface area contributed by atoms with Crippen molar-refractivity contribution in [2.24, 2.45) is 0 Å². The van der Waals surface area contributed by atoms with Crippen LogP contribution >= 0.6 is 0 Å². The summed E-state index contributed by atoms with van der Waals surface area (Å²) in [7, 11) is 1.53. The first-order valence-electron chi connectivity index (χ1n) is 7.72. The number of rotatable bonds is 6. The van der Waals surface area contributed by atoms with Gasteiger partial charge in [-0.2, -0.15) is 0 Å². The molecule has 0 aliphatic carbocycles. The lowest BCUT2D eigenvalue weighted by Crippen LogP contribution is -2.30. The van der Waals surface area contributed by atoms with Crippen LogP contribution in [0.15, 0.2) is 42.5 Å². The molecule has 0 unspecified atom stereocenters. The monoisotopic (exact) mass is 358 g/mol. The number of hydrogen-bond donors (Lipinski definition) is 1. The molecule has 8 nitrogen and oxygen atoms in total. The molecule has 26 heavy (non-hydrogen) atoms. The van der Waals surface area contributed by atoms with Gasteiger partial charge in [0.25, 0.3) is 11.6 Å². The van der Waals surface area contributed by atoms with E-state index in [0.717, 1.165) is 6.07 Å². The summed E-state index contributed by atoms with van der Waals surface area (Å²) in [6, 6.07) is 10.7. The predicted octanol–water partition coefficient (Wildman–Crippen LogP) is 3.10. The number of amides is 1. The van der Waals surface area contributed by atoms with Crippen molar-refractivity contribution in [2.75, 3.05) is 12.4 Å². The van der Waals surface area contributed by atoms with Crippen molar-refractivity contribution in [1.82, 2.24) is 0 Å². The van der Waals surface area contributed by atoms with E-state index in [-0.39, 0.29) is 11.3 Å². The van der Waals surface area contributed by atoms with Crippen LogP contribution in [-0.2, 0) is 9.53 Å². The standard InChI is InChI=1S/C18H18N2O6/c1-11-4-5-13(10-16(11)20(23)24)18(22)26-12(2)17(21)19-14-6-8-15(25-3)9-7-14/h4-10,12H,1-3H3,(H,19,21)/t12-/m0/s1. The quantitative estimate of drug-likeness (QED) is 0.483. The second-order valence-electron chi connectivity index (χ2n) is 5.52. The summed E-state index contributed by atoms with van der Waals surface area (Å²) >= 11 is 0. The summed E-state index contributed by atoms with van der Waals surface area (Å²) in [5.74, 6) is -0.695. The van der Waals surface area contributed by atoms with Gasteiger partial charge in [0.2, 0.25) is 0 Å². The molecule has 136 valence electrons. The van der Waals surface area contributed by atoms with Gasteiger partial charge in [0.05, 0.1) is 17.6 Å². The van der Waals surface area contributed by atoms with E-state index in [4.69, 9.17) is 9.47 Å². The highest BCUT2D eigenvalue weighted by Gasteiger charge is 2.21. The van der Waals surface area contributed by atoms with Crippen LogP contribution in [0.5, 0.6) is 5.75 Å². The largest absolute Gasteiger partial charge is 0.497 e. The Bertz CT molecular complexity index is 832. The minimum atomic E-state index is -1.08. The van der Waals surface area contributed by atoms with E-state index in [0.29, 0.717) is 17.0 Å². The van der Waals surface area contributed by atoms with Gasteiger partial charge < -0.3 is 14.8 Å². The molecule has 1 atom stereocenters. The fourth-order valence-corrected chi connectivity index (χ4v) is 2.13. The van der Waals surface area contributed by atoms with Crippen LogP contribution in [0.25, 0.3) is 0 Å². The highest BCUT2D eigenvalue weighted by atomic mass is 16.6. The number of carbonyl (C=O) groups is 2. The van der Waals surface area contributed by atoms with Gasteiger partial charge in [0, 0.05) is 17.3 Å². The SMILES string of the molecule is COc1ccc(NC(=O)[C@H](C)OC(=O)c2ccc(C)c([N+](=O)[O-])c2)cc1. The van der Waals surface area contributed by atoms with Crippen molar-refractivity contribution in [2.45, 2.75) is 20.0 Å². The van der Waals surface area contributed by atoms with Gasteiger partial charge in [0.1, 0.15) is 5.75 Å². The molecule has 0 saturated heterocycles. The second kappa shape index (κ2) is 8.11. The van der Waals surface area contributed by atoms with Crippen molar-refractivity contribution in [3.8, 4) is 5.75 Å². The van der Waals surface area contributed by atoms with Crippen LogP contribution in [0, 0.1) is 17.0 Å². The van der Waals surface area contributed by atoms with Crippen LogP contribution in [-0.4, -0.2) is 30.0 Å². The van der Waals surface area contributed by atoms with E-state index in [2.05, 4.69) is 5.32 Å². The number of nitro benzene ring substituents is 1. The number of methoxy groups -OCH3 is 1. The van der Waals surface area contributed by atoms with Crippen molar-refractivity contribution in [3.05, 3.63) is 63.7 Å². The van der Waals surface area contributed by atoms with Gasteiger partial charge in [-0.05, 0) is 44.2 Å². The topological polar surface area (TPSA) is 108 Å². The number of nitro groups is 1. The summed E-state index contributed by atoms with van der Waals surface area (Å²) in [5, 5.41) is 13.6. The molecule has 0 radical (unpaired) electrons. The summed E-state index contributed by atoms with van der Waals surface area (Å²) in [6.45, 7) is 2.98. The lowest BCUT2D eigenvalue weighted by molar-refractivity contribution is -0.385. The molecular formula is C18H18N2O6. The molecule has 2 rings (SSSR count). The van der Waals surface area contributed by atoms with Gasteiger partial charge in [-0.15, -0.1) is 0 Å². The third kappa shape index (κ3) is 4.56. The first kappa shape index (κ1) is 18.9. The van der Waals surface area contributed by atoms with Crippen LogP contribution in [0.1, 0.15) is 22.8 Å². The molecule has 0 saturated carbocycles. The van der Waals surface area contributed by atoms with Crippen molar-refractivity contribution in [1.29, 1.82) is 0 Å². The van der Waals surface area contributed by atoms with Crippen LogP contribution < -0.4 is 10.1 Å². The van der Waals surface area contributed by atoms with Gasteiger partial charge in [0.15, 0.2) is 6.10 Å². The lowest BCUT2D eigenvalue weighted by atomic mass is 10.1. The first-order chi connectivity index (χ1) is 12.3. The number of carbonyl (C=O) groups excluding carboxylic acids is 2. The smallest absolute Gasteiger partial charge is 0.339 e. The summed E-state index contributed by atoms with van der Waals surface area (Å²) in [4.78, 5) is 34.7. The Kier molecular flexibility index (Phi) is 5.90. The number of aryl methyl sites for hydroxylation is 1. The van der Waals surface area contributed by atoms with Crippen LogP contribution in [0.3, 0.4) is 0 Å². The minimum Gasteiger partial charge on any atom is -0.497 e. The van der Waals surface area contributed by atoms with Crippen LogP contribution in [0.2, 0.25) is 0 Å². The molecule has 1 N–H and O–H groups in total. The van der Waals surface area contributed by atoms with Gasteiger partial charge >= 0.3 is 5.97 Å². The number of anilines is 1. The molecule has 8 heteroatoms. The minimum absolute atomic E-state index is 0.00592. The number of benzene rings is 2.